The van der Waals surface area contributed by atoms with Crippen LogP contribution < -0.4 is 0 Å². The molecule has 0 radical (unpaired) electrons. The number of alkyl halides is 3. The number of benzene rings is 1. The molecule has 1 aromatic carbocycles. The molecular formula is C10H8ClF3N2. The monoisotopic (exact) mass is 248 g/mol. The van der Waals surface area contributed by atoms with Crippen molar-refractivity contribution in [1.82, 2.24) is 0 Å². The van der Waals surface area contributed by atoms with Crippen molar-refractivity contribution in [3.05, 3.63) is 28.8 Å². The normalized spacial score (nSPS) is 12.0. The van der Waals surface area contributed by atoms with Crippen molar-refractivity contribution in [2.45, 2.75) is 12.6 Å². The molecule has 1 aromatic rings. The Morgan fingerprint density at radius 3 is 2.62 bits per heavy atom. The molecule has 0 heterocycles. The maximum atomic E-state index is 12.4. The van der Waals surface area contributed by atoms with Crippen molar-refractivity contribution in [2.75, 3.05) is 0 Å². The largest absolute Gasteiger partial charge is 0.417 e. The average molecular weight is 249 g/mol. The lowest BCUT2D eigenvalue weighted by atomic mass is 10.2. The summed E-state index contributed by atoms with van der Waals surface area (Å²) in [6.07, 6.45) is -1.74. The van der Waals surface area contributed by atoms with Crippen LogP contribution in [0.1, 0.15) is 12.0 Å². The second-order valence-electron chi connectivity index (χ2n) is 2.91. The van der Waals surface area contributed by atoms with Crippen molar-refractivity contribution in [3.63, 3.8) is 0 Å². The lowest BCUT2D eigenvalue weighted by Crippen LogP contribution is -2.05. The van der Waals surface area contributed by atoms with Crippen LogP contribution in [0.25, 0.3) is 0 Å². The Bertz CT molecular complexity index is 413. The van der Waals surface area contributed by atoms with Gasteiger partial charge in [-0.15, -0.1) is 0 Å². The molecule has 6 heteroatoms. The smallest absolute Gasteiger partial charge is 0.313 e. The molecule has 0 spiro atoms. The van der Waals surface area contributed by atoms with E-state index >= 15 is 0 Å². The van der Waals surface area contributed by atoms with Crippen molar-refractivity contribution < 1.29 is 13.2 Å². The third-order valence-electron chi connectivity index (χ3n) is 1.72. The fourth-order valence-electron chi connectivity index (χ4n) is 1.02. The van der Waals surface area contributed by atoms with Crippen LogP contribution in [0.4, 0.5) is 18.9 Å². The van der Waals surface area contributed by atoms with Crippen LogP contribution in [-0.2, 0) is 6.18 Å². The van der Waals surface area contributed by atoms with E-state index in [1.54, 1.807) is 0 Å². The molecule has 1 rings (SSSR count). The zero-order valence-electron chi connectivity index (χ0n) is 8.05. The molecule has 0 aliphatic carbocycles. The Kier molecular flexibility index (Phi) is 4.06. The fraction of sp³-hybridized carbons (Fsp3) is 0.200. The van der Waals surface area contributed by atoms with Crippen LogP contribution in [0.3, 0.4) is 0 Å². The highest BCUT2D eigenvalue weighted by atomic mass is 35.5. The van der Waals surface area contributed by atoms with Gasteiger partial charge in [-0.05, 0) is 18.2 Å². The minimum atomic E-state index is -4.48. The molecule has 0 amide bonds. The number of halogens is 4. The van der Waals surface area contributed by atoms with Crippen LogP contribution in [-0.4, -0.2) is 12.4 Å². The Morgan fingerprint density at radius 2 is 2.06 bits per heavy atom. The van der Waals surface area contributed by atoms with E-state index in [-0.39, 0.29) is 17.1 Å². The Labute approximate surface area is 95.3 Å². The zero-order valence-corrected chi connectivity index (χ0v) is 8.81. The molecule has 0 saturated carbocycles. The van der Waals surface area contributed by atoms with Crippen molar-refractivity contribution in [1.29, 1.82) is 5.41 Å². The van der Waals surface area contributed by atoms with E-state index in [0.717, 1.165) is 18.3 Å². The second-order valence-corrected chi connectivity index (χ2v) is 3.32. The molecule has 0 aromatic heterocycles. The van der Waals surface area contributed by atoms with Gasteiger partial charge in [-0.3, -0.25) is 4.99 Å². The van der Waals surface area contributed by atoms with Gasteiger partial charge in [0.05, 0.1) is 16.3 Å². The zero-order chi connectivity index (χ0) is 12.2. The number of hydrogen-bond acceptors (Lipinski definition) is 2. The number of aliphatic imine (C=N–C) groups is 1. The van der Waals surface area contributed by atoms with Gasteiger partial charge >= 0.3 is 6.18 Å². The van der Waals surface area contributed by atoms with Gasteiger partial charge in [0.1, 0.15) is 0 Å². The van der Waals surface area contributed by atoms with Gasteiger partial charge in [-0.1, -0.05) is 11.6 Å². The number of hydrogen-bond donors (Lipinski definition) is 1. The molecule has 0 bridgehead atoms. The van der Waals surface area contributed by atoms with Gasteiger partial charge < -0.3 is 5.41 Å². The highest BCUT2D eigenvalue weighted by Gasteiger charge is 2.33. The van der Waals surface area contributed by atoms with Crippen LogP contribution in [0, 0.1) is 5.41 Å². The van der Waals surface area contributed by atoms with Gasteiger partial charge in [0, 0.05) is 18.9 Å². The first-order valence-corrected chi connectivity index (χ1v) is 4.71. The first-order chi connectivity index (χ1) is 7.45. The summed E-state index contributed by atoms with van der Waals surface area (Å²) in [6.45, 7) is 0. The van der Waals surface area contributed by atoms with Gasteiger partial charge in [-0.2, -0.15) is 13.2 Å². The van der Waals surface area contributed by atoms with E-state index in [2.05, 4.69) is 4.99 Å². The summed E-state index contributed by atoms with van der Waals surface area (Å²) in [5.41, 5.74) is -0.739. The summed E-state index contributed by atoms with van der Waals surface area (Å²) in [7, 11) is 0. The topological polar surface area (TPSA) is 36.2 Å². The number of nitrogens with zero attached hydrogens (tertiary/aromatic N) is 1. The summed E-state index contributed by atoms with van der Waals surface area (Å²) in [5.74, 6) is 0. The lowest BCUT2D eigenvalue weighted by Gasteiger charge is -2.08. The summed E-state index contributed by atoms with van der Waals surface area (Å²) in [6, 6.07) is 3.42. The Balaban J connectivity index is 3.03. The predicted molar refractivity (Wildman–Crippen MR) is 58.0 cm³/mol. The van der Waals surface area contributed by atoms with E-state index in [9.17, 15) is 13.2 Å². The van der Waals surface area contributed by atoms with Crippen molar-refractivity contribution in [2.24, 2.45) is 4.99 Å². The van der Waals surface area contributed by atoms with E-state index in [1.165, 1.54) is 12.3 Å². The minimum Gasteiger partial charge on any atom is -0.313 e. The third-order valence-corrected chi connectivity index (χ3v) is 2.05. The SMILES string of the molecule is N=CCC=Nc1ccc(Cl)c(C(F)(F)F)c1. The van der Waals surface area contributed by atoms with Gasteiger partial charge in [0.25, 0.3) is 0 Å². The van der Waals surface area contributed by atoms with E-state index in [1.807, 2.05) is 0 Å². The first kappa shape index (κ1) is 12.7. The van der Waals surface area contributed by atoms with Crippen LogP contribution in [0.5, 0.6) is 0 Å². The van der Waals surface area contributed by atoms with E-state index in [0.29, 0.717) is 0 Å². The summed E-state index contributed by atoms with van der Waals surface area (Å²) in [4.78, 5) is 3.78. The number of nitrogens with one attached hydrogen (secondary N) is 1. The fourth-order valence-corrected chi connectivity index (χ4v) is 1.25. The highest BCUT2D eigenvalue weighted by Crippen LogP contribution is 2.36. The van der Waals surface area contributed by atoms with Crippen LogP contribution in [0.15, 0.2) is 23.2 Å². The molecule has 16 heavy (non-hydrogen) atoms. The van der Waals surface area contributed by atoms with Gasteiger partial charge in [0.2, 0.25) is 0 Å². The molecular weight excluding hydrogens is 241 g/mol. The molecule has 0 atom stereocenters. The number of rotatable bonds is 3. The van der Waals surface area contributed by atoms with Crippen LogP contribution >= 0.6 is 11.6 Å². The second kappa shape index (κ2) is 5.12. The van der Waals surface area contributed by atoms with E-state index < -0.39 is 11.7 Å². The Morgan fingerprint density at radius 1 is 1.38 bits per heavy atom. The highest BCUT2D eigenvalue weighted by molar-refractivity contribution is 6.31. The summed E-state index contributed by atoms with van der Waals surface area (Å²) < 4.78 is 37.3. The van der Waals surface area contributed by atoms with Crippen LogP contribution in [0.2, 0.25) is 5.02 Å². The molecule has 2 nitrogen and oxygen atoms in total. The third kappa shape index (κ3) is 3.34. The predicted octanol–water partition coefficient (Wildman–Crippen LogP) is 4.10. The lowest BCUT2D eigenvalue weighted by molar-refractivity contribution is -0.137. The van der Waals surface area contributed by atoms with Gasteiger partial charge in [-0.25, -0.2) is 0 Å². The maximum Gasteiger partial charge on any atom is 0.417 e. The molecule has 0 fully saturated rings. The van der Waals surface area contributed by atoms with E-state index in [4.69, 9.17) is 17.0 Å². The van der Waals surface area contributed by atoms with Crippen molar-refractivity contribution in [3.8, 4) is 0 Å². The summed E-state index contributed by atoms with van der Waals surface area (Å²) >= 11 is 5.43. The summed E-state index contributed by atoms with van der Waals surface area (Å²) in [5, 5.41) is 6.38. The molecule has 0 aliphatic heterocycles. The average Bonchev–Trinajstić information content (AvgIpc) is 2.19. The quantitative estimate of drug-likeness (QED) is 0.782. The molecule has 86 valence electrons. The first-order valence-electron chi connectivity index (χ1n) is 4.33. The molecule has 0 saturated heterocycles. The molecule has 0 unspecified atom stereocenters. The standard InChI is InChI=1S/C10H8ClF3N2/c11-9-3-2-7(16-5-1-4-15)6-8(9)10(12,13)14/h2-6,15H,1H2. The molecule has 0 aliphatic rings. The van der Waals surface area contributed by atoms with Gasteiger partial charge in [0.15, 0.2) is 0 Å². The molecule has 1 N–H and O–H groups in total. The van der Waals surface area contributed by atoms with Crippen molar-refractivity contribution >= 4 is 29.7 Å². The minimum absolute atomic E-state index is 0.165. The Hall–Kier alpha value is -1.36. The maximum absolute atomic E-state index is 12.4.